The van der Waals surface area contributed by atoms with E-state index in [1.54, 1.807) is 25.3 Å². The van der Waals surface area contributed by atoms with E-state index in [1.165, 1.54) is 0 Å². The lowest BCUT2D eigenvalue weighted by Crippen LogP contribution is -2.37. The van der Waals surface area contributed by atoms with Gasteiger partial charge in [0.1, 0.15) is 5.75 Å². The van der Waals surface area contributed by atoms with Gasteiger partial charge in [0.05, 0.1) is 12.1 Å². The minimum atomic E-state index is -0.0790. The van der Waals surface area contributed by atoms with Gasteiger partial charge < -0.3 is 19.9 Å². The van der Waals surface area contributed by atoms with Crippen molar-refractivity contribution in [2.24, 2.45) is 0 Å². The summed E-state index contributed by atoms with van der Waals surface area (Å²) in [6, 6.07) is 5.13. The van der Waals surface area contributed by atoms with Gasteiger partial charge in [-0.3, -0.25) is 0 Å². The van der Waals surface area contributed by atoms with Gasteiger partial charge in [-0.05, 0) is 32.1 Å². The molecule has 110 valence electrons. The first-order valence-corrected chi connectivity index (χ1v) is 7.06. The molecule has 1 aromatic rings. The summed E-state index contributed by atoms with van der Waals surface area (Å²) in [6.07, 6.45) is 0.994. The third kappa shape index (κ3) is 3.77. The summed E-state index contributed by atoms with van der Waals surface area (Å²) >= 11 is 5.97. The van der Waals surface area contributed by atoms with Crippen LogP contribution < -0.4 is 10.1 Å². The predicted octanol–water partition coefficient (Wildman–Crippen LogP) is 2.52. The van der Waals surface area contributed by atoms with Gasteiger partial charge in [-0.1, -0.05) is 11.6 Å². The molecule has 1 saturated heterocycles. The molecule has 0 bridgehead atoms. The summed E-state index contributed by atoms with van der Waals surface area (Å²) in [5, 5.41) is 3.42. The van der Waals surface area contributed by atoms with Gasteiger partial charge in [0.15, 0.2) is 0 Å². The zero-order valence-corrected chi connectivity index (χ0v) is 12.6. The topological polar surface area (TPSA) is 44.8 Å². The van der Waals surface area contributed by atoms with E-state index >= 15 is 0 Å². The zero-order valence-electron chi connectivity index (χ0n) is 11.9. The maximum atomic E-state index is 12.2. The molecule has 1 heterocycles. The molecule has 2 amide bonds. The number of urea groups is 1. The van der Waals surface area contributed by atoms with Crippen molar-refractivity contribution in [1.29, 1.82) is 0 Å². The van der Waals surface area contributed by atoms with Crippen LogP contribution in [0.2, 0.25) is 5.02 Å². The average molecular weight is 298 g/mol. The summed E-state index contributed by atoms with van der Waals surface area (Å²) in [7, 11) is 3.63. The summed E-state index contributed by atoms with van der Waals surface area (Å²) in [5.41, 5.74) is 0.689. The SMILES string of the molecule is COc1cc(NC(=O)N2CCCN(C)CC2)ccc1Cl. The molecule has 0 spiro atoms. The van der Waals surface area contributed by atoms with Crippen LogP contribution in [0.1, 0.15) is 6.42 Å². The van der Waals surface area contributed by atoms with Crippen LogP contribution in [0.3, 0.4) is 0 Å². The molecule has 1 aliphatic heterocycles. The van der Waals surface area contributed by atoms with Crippen molar-refractivity contribution in [2.75, 3.05) is 45.7 Å². The summed E-state index contributed by atoms with van der Waals surface area (Å²) < 4.78 is 5.14. The highest BCUT2D eigenvalue weighted by molar-refractivity contribution is 6.32. The zero-order chi connectivity index (χ0) is 14.5. The highest BCUT2D eigenvalue weighted by Crippen LogP contribution is 2.27. The number of rotatable bonds is 2. The van der Waals surface area contributed by atoms with Crippen LogP contribution in [-0.4, -0.2) is 56.2 Å². The van der Waals surface area contributed by atoms with E-state index in [2.05, 4.69) is 17.3 Å². The molecule has 2 rings (SSSR count). The first kappa shape index (κ1) is 14.9. The number of methoxy groups -OCH3 is 1. The highest BCUT2D eigenvalue weighted by atomic mass is 35.5. The standard InChI is InChI=1S/C14H20ClN3O2/c1-17-6-3-7-18(9-8-17)14(19)16-11-4-5-12(15)13(10-11)20-2/h4-5,10H,3,6-9H2,1-2H3,(H,16,19). The number of benzene rings is 1. The molecule has 1 aromatic carbocycles. The van der Waals surface area contributed by atoms with Crippen molar-refractivity contribution < 1.29 is 9.53 Å². The molecule has 1 N–H and O–H groups in total. The minimum Gasteiger partial charge on any atom is -0.495 e. The Morgan fingerprint density at radius 2 is 2.10 bits per heavy atom. The Hall–Kier alpha value is -1.46. The lowest BCUT2D eigenvalue weighted by molar-refractivity contribution is 0.213. The van der Waals surface area contributed by atoms with Crippen molar-refractivity contribution in [3.05, 3.63) is 23.2 Å². The summed E-state index contributed by atoms with van der Waals surface area (Å²) in [6.45, 7) is 3.45. The van der Waals surface area contributed by atoms with Gasteiger partial charge >= 0.3 is 6.03 Å². The van der Waals surface area contributed by atoms with Crippen molar-refractivity contribution >= 4 is 23.3 Å². The number of nitrogens with zero attached hydrogens (tertiary/aromatic N) is 2. The van der Waals surface area contributed by atoms with Crippen LogP contribution in [0.5, 0.6) is 5.75 Å². The molecule has 0 saturated carbocycles. The molecule has 0 atom stereocenters. The van der Waals surface area contributed by atoms with E-state index in [1.807, 2.05) is 4.90 Å². The Kier molecular flexibility index (Phi) is 5.09. The predicted molar refractivity (Wildman–Crippen MR) is 80.7 cm³/mol. The Labute approximate surface area is 124 Å². The van der Waals surface area contributed by atoms with Crippen molar-refractivity contribution in [3.8, 4) is 5.75 Å². The number of hydrogen-bond donors (Lipinski definition) is 1. The Morgan fingerprint density at radius 1 is 1.30 bits per heavy atom. The molecule has 0 radical (unpaired) electrons. The molecular weight excluding hydrogens is 278 g/mol. The van der Waals surface area contributed by atoms with Gasteiger partial charge in [0.2, 0.25) is 0 Å². The third-order valence-corrected chi connectivity index (χ3v) is 3.72. The lowest BCUT2D eigenvalue weighted by atomic mass is 10.3. The molecule has 0 unspecified atom stereocenters. The molecule has 20 heavy (non-hydrogen) atoms. The van der Waals surface area contributed by atoms with Crippen molar-refractivity contribution in [1.82, 2.24) is 9.80 Å². The maximum absolute atomic E-state index is 12.2. The fourth-order valence-corrected chi connectivity index (χ4v) is 2.38. The number of halogens is 1. The number of anilines is 1. The molecule has 1 fully saturated rings. The quantitative estimate of drug-likeness (QED) is 0.912. The second-order valence-electron chi connectivity index (χ2n) is 4.92. The molecule has 5 nitrogen and oxygen atoms in total. The van der Waals surface area contributed by atoms with Gasteiger partial charge in [-0.2, -0.15) is 0 Å². The number of carbonyl (C=O) groups is 1. The third-order valence-electron chi connectivity index (χ3n) is 3.41. The van der Waals surface area contributed by atoms with E-state index in [9.17, 15) is 4.79 Å². The van der Waals surface area contributed by atoms with Gasteiger partial charge in [-0.15, -0.1) is 0 Å². The molecule has 0 aliphatic carbocycles. The summed E-state index contributed by atoms with van der Waals surface area (Å²) in [4.78, 5) is 16.3. The van der Waals surface area contributed by atoms with Crippen molar-refractivity contribution in [2.45, 2.75) is 6.42 Å². The van der Waals surface area contributed by atoms with E-state index in [0.29, 0.717) is 16.5 Å². The summed E-state index contributed by atoms with van der Waals surface area (Å²) in [5.74, 6) is 0.556. The van der Waals surface area contributed by atoms with E-state index < -0.39 is 0 Å². The highest BCUT2D eigenvalue weighted by Gasteiger charge is 2.17. The van der Waals surface area contributed by atoms with Crippen molar-refractivity contribution in [3.63, 3.8) is 0 Å². The minimum absolute atomic E-state index is 0.0790. The largest absolute Gasteiger partial charge is 0.495 e. The first-order chi connectivity index (χ1) is 9.60. The first-order valence-electron chi connectivity index (χ1n) is 6.68. The van der Waals surface area contributed by atoms with Crippen LogP contribution >= 0.6 is 11.6 Å². The van der Waals surface area contributed by atoms with Crippen LogP contribution in [0.4, 0.5) is 10.5 Å². The van der Waals surface area contributed by atoms with Crippen LogP contribution in [0.15, 0.2) is 18.2 Å². The number of likely N-dealkylation sites (N-methyl/N-ethyl adjacent to an activating group) is 1. The average Bonchev–Trinajstić information content (AvgIpc) is 2.65. The van der Waals surface area contributed by atoms with Crippen LogP contribution in [0, 0.1) is 0 Å². The Bertz CT molecular complexity index is 481. The smallest absolute Gasteiger partial charge is 0.321 e. The number of ether oxygens (including phenoxy) is 1. The Morgan fingerprint density at radius 3 is 2.85 bits per heavy atom. The second kappa shape index (κ2) is 6.81. The fourth-order valence-electron chi connectivity index (χ4n) is 2.19. The maximum Gasteiger partial charge on any atom is 0.321 e. The number of amides is 2. The van der Waals surface area contributed by atoms with Gasteiger partial charge in [0.25, 0.3) is 0 Å². The molecule has 0 aromatic heterocycles. The Balaban J connectivity index is 2.00. The fraction of sp³-hybridized carbons (Fsp3) is 0.500. The van der Waals surface area contributed by atoms with E-state index in [-0.39, 0.29) is 6.03 Å². The second-order valence-corrected chi connectivity index (χ2v) is 5.33. The number of carbonyl (C=O) groups excluding carboxylic acids is 1. The number of nitrogens with one attached hydrogen (secondary N) is 1. The molecule has 6 heteroatoms. The van der Waals surface area contributed by atoms with Gasteiger partial charge in [0, 0.05) is 31.4 Å². The number of hydrogen-bond acceptors (Lipinski definition) is 3. The molecule has 1 aliphatic rings. The van der Waals surface area contributed by atoms with Crippen LogP contribution in [-0.2, 0) is 0 Å². The molecular formula is C14H20ClN3O2. The van der Waals surface area contributed by atoms with Gasteiger partial charge in [-0.25, -0.2) is 4.79 Å². The lowest BCUT2D eigenvalue weighted by Gasteiger charge is -2.21. The van der Waals surface area contributed by atoms with E-state index in [4.69, 9.17) is 16.3 Å². The monoisotopic (exact) mass is 297 g/mol. The van der Waals surface area contributed by atoms with E-state index in [0.717, 1.165) is 32.6 Å². The normalized spacial score (nSPS) is 16.6. The van der Waals surface area contributed by atoms with Crippen LogP contribution in [0.25, 0.3) is 0 Å².